The highest BCUT2D eigenvalue weighted by Crippen LogP contribution is 2.31. The second kappa shape index (κ2) is 10.8. The normalized spacial score (nSPS) is 15.0. The molecule has 0 amide bonds. The molecule has 156 valence electrons. The summed E-state index contributed by atoms with van der Waals surface area (Å²) >= 11 is 1.73. The van der Waals surface area contributed by atoms with Crippen LogP contribution in [-0.2, 0) is 4.74 Å². The van der Waals surface area contributed by atoms with Crippen molar-refractivity contribution in [2.75, 3.05) is 49.3 Å². The third-order valence-corrected chi connectivity index (χ3v) is 5.36. The Balaban J connectivity index is 2.57. The summed E-state index contributed by atoms with van der Waals surface area (Å²) in [6.07, 6.45) is 7.10. The lowest BCUT2D eigenvalue weighted by molar-refractivity contribution is 0.0519. The highest BCUT2D eigenvalue weighted by atomic mass is 32.2. The molecule has 2 heterocycles. The molecule has 0 aliphatic carbocycles. The minimum Gasteiger partial charge on any atom is -0.461 e. The molecule has 1 saturated heterocycles. The van der Waals surface area contributed by atoms with Crippen LogP contribution in [-0.4, -0.2) is 60.0 Å². The number of rotatable bonds is 9. The molecule has 0 atom stereocenters. The molecule has 2 rings (SSSR count). The summed E-state index contributed by atoms with van der Waals surface area (Å²) in [7, 11) is 0. The predicted molar refractivity (Wildman–Crippen MR) is 122 cm³/mol. The Hall–Kier alpha value is -2.58. The van der Waals surface area contributed by atoms with E-state index in [1.807, 2.05) is 0 Å². The van der Waals surface area contributed by atoms with Crippen molar-refractivity contribution in [1.82, 2.24) is 9.29 Å². The molecule has 1 fully saturated rings. The van der Waals surface area contributed by atoms with E-state index in [1.165, 1.54) is 0 Å². The fourth-order valence-corrected chi connectivity index (χ4v) is 3.62. The van der Waals surface area contributed by atoms with Crippen molar-refractivity contribution < 1.29 is 9.53 Å². The summed E-state index contributed by atoms with van der Waals surface area (Å²) in [5, 5.41) is 11.6. The van der Waals surface area contributed by atoms with Gasteiger partial charge in [-0.1, -0.05) is 31.2 Å². The van der Waals surface area contributed by atoms with Crippen LogP contribution in [0.2, 0.25) is 0 Å². The number of ether oxygens (including phenoxy) is 1. The number of pyridine rings is 1. The Kier molecular flexibility index (Phi) is 8.48. The molecule has 0 bridgehead atoms. The number of piperazine rings is 1. The molecule has 7 nitrogen and oxygen atoms in total. The molecule has 0 unspecified atom stereocenters. The minimum atomic E-state index is -0.485. The molecule has 8 heteroatoms. The molecule has 1 aromatic heterocycles. The largest absolute Gasteiger partial charge is 0.461 e. The van der Waals surface area contributed by atoms with Crippen LogP contribution in [0.4, 0.5) is 11.5 Å². The average molecular weight is 416 g/mol. The van der Waals surface area contributed by atoms with Crippen LogP contribution >= 0.6 is 11.9 Å². The molecule has 1 aliphatic rings. The fraction of sp³-hybridized carbons (Fsp3) is 0.381. The summed E-state index contributed by atoms with van der Waals surface area (Å²) in [6, 6.07) is 1.73. The van der Waals surface area contributed by atoms with Crippen LogP contribution in [0.1, 0.15) is 29.9 Å². The van der Waals surface area contributed by atoms with E-state index in [0.717, 1.165) is 31.9 Å². The van der Waals surface area contributed by atoms with Gasteiger partial charge in [-0.3, -0.25) is 0 Å². The smallest absolute Gasteiger partial charge is 0.357 e. The van der Waals surface area contributed by atoms with Gasteiger partial charge in [-0.25, -0.2) is 14.1 Å². The zero-order chi connectivity index (χ0) is 21.4. The Morgan fingerprint density at radius 3 is 2.59 bits per heavy atom. The van der Waals surface area contributed by atoms with Gasteiger partial charge in [0.2, 0.25) is 0 Å². The number of nitrogens with zero attached hydrogens (tertiary/aromatic N) is 3. The highest BCUT2D eigenvalue weighted by molar-refractivity contribution is 7.96. The number of aromatic nitrogens is 1. The number of carbonyl (C=O) groups is 1. The number of nitrogens with one attached hydrogen (secondary N) is 2. The molecule has 1 aromatic rings. The lowest BCUT2D eigenvalue weighted by Gasteiger charge is -2.36. The second-order valence-corrected chi connectivity index (χ2v) is 7.26. The highest BCUT2D eigenvalue weighted by Gasteiger charge is 2.25. The van der Waals surface area contributed by atoms with Gasteiger partial charge < -0.3 is 20.4 Å². The van der Waals surface area contributed by atoms with Gasteiger partial charge in [-0.05, 0) is 38.3 Å². The number of hydrogen-bond donors (Lipinski definition) is 2. The number of allylic oxidation sites excluding steroid dienone is 3. The molecule has 2 N–H and O–H groups in total. The summed E-state index contributed by atoms with van der Waals surface area (Å²) in [4.78, 5) is 19.1. The quantitative estimate of drug-likeness (QED) is 0.275. The van der Waals surface area contributed by atoms with E-state index < -0.39 is 5.97 Å². The van der Waals surface area contributed by atoms with Crippen molar-refractivity contribution in [3.63, 3.8) is 0 Å². The first kappa shape index (κ1) is 22.7. The van der Waals surface area contributed by atoms with Gasteiger partial charge in [0.1, 0.15) is 5.82 Å². The Morgan fingerprint density at radius 1 is 1.38 bits per heavy atom. The van der Waals surface area contributed by atoms with Crippen LogP contribution in [0.15, 0.2) is 43.1 Å². The summed E-state index contributed by atoms with van der Waals surface area (Å²) in [5.74, 6) is -0.0556. The number of esters is 1. The minimum absolute atomic E-state index is 0.212. The van der Waals surface area contributed by atoms with E-state index in [0.29, 0.717) is 22.8 Å². The SMILES string of the molecule is C=C/C=C(\C=C)Nc1nc(C(=O)OCC)cc(N2CCN(SC)CC2)c1C(C)=N. The van der Waals surface area contributed by atoms with Crippen LogP contribution in [0.5, 0.6) is 0 Å². The van der Waals surface area contributed by atoms with E-state index in [9.17, 15) is 4.79 Å². The van der Waals surface area contributed by atoms with Gasteiger partial charge >= 0.3 is 5.97 Å². The van der Waals surface area contributed by atoms with Crippen molar-refractivity contribution in [2.45, 2.75) is 13.8 Å². The first-order chi connectivity index (χ1) is 13.9. The lowest BCUT2D eigenvalue weighted by Crippen LogP contribution is -2.44. The third kappa shape index (κ3) is 5.71. The van der Waals surface area contributed by atoms with Gasteiger partial charge in [0, 0.05) is 37.6 Å². The summed E-state index contributed by atoms with van der Waals surface area (Å²) in [6.45, 7) is 14.6. The number of hydrogen-bond acceptors (Lipinski definition) is 8. The maximum atomic E-state index is 12.4. The zero-order valence-corrected chi connectivity index (χ0v) is 18.1. The maximum absolute atomic E-state index is 12.4. The van der Waals surface area contributed by atoms with Gasteiger partial charge in [-0.2, -0.15) is 0 Å². The third-order valence-electron chi connectivity index (χ3n) is 4.48. The predicted octanol–water partition coefficient (Wildman–Crippen LogP) is 3.71. The van der Waals surface area contributed by atoms with Crippen LogP contribution in [0.25, 0.3) is 0 Å². The molecular weight excluding hydrogens is 386 g/mol. The first-order valence-corrected chi connectivity index (χ1v) is 10.7. The second-order valence-electron chi connectivity index (χ2n) is 6.38. The van der Waals surface area contributed by atoms with E-state index >= 15 is 0 Å². The van der Waals surface area contributed by atoms with Crippen molar-refractivity contribution in [3.05, 3.63) is 54.4 Å². The molecule has 1 aliphatic heterocycles. The standard InChI is InChI=1S/C21H29N5O2S/c1-6-9-16(7-2)23-20-19(15(4)22)18(14-17(24-20)21(27)28-8-3)25-10-12-26(29-5)13-11-25/h6-7,9,14,22H,1-2,8,10-13H2,3-5H3,(H,23,24)/b16-9+,22-15?. The van der Waals surface area contributed by atoms with Gasteiger partial charge in [0.15, 0.2) is 5.69 Å². The Bertz CT molecular complexity index is 814. The van der Waals surface area contributed by atoms with Crippen molar-refractivity contribution in [3.8, 4) is 0 Å². The molecule has 0 aromatic carbocycles. The molecule has 29 heavy (non-hydrogen) atoms. The van der Waals surface area contributed by atoms with Gasteiger partial charge in [-0.15, -0.1) is 0 Å². The monoisotopic (exact) mass is 415 g/mol. The first-order valence-electron chi connectivity index (χ1n) is 9.49. The Morgan fingerprint density at radius 2 is 2.07 bits per heavy atom. The number of anilines is 2. The van der Waals surface area contributed by atoms with Crippen molar-refractivity contribution in [1.29, 1.82) is 5.41 Å². The number of carbonyl (C=O) groups excluding carboxylic acids is 1. The van der Waals surface area contributed by atoms with E-state index in [2.05, 4.69) is 38.9 Å². The van der Waals surface area contributed by atoms with Crippen molar-refractivity contribution >= 4 is 35.1 Å². The van der Waals surface area contributed by atoms with Crippen LogP contribution in [0.3, 0.4) is 0 Å². The average Bonchev–Trinajstić information content (AvgIpc) is 2.72. The zero-order valence-electron chi connectivity index (χ0n) is 17.3. The molecule has 0 spiro atoms. The van der Waals surface area contributed by atoms with E-state index in [1.54, 1.807) is 50.1 Å². The summed E-state index contributed by atoms with van der Waals surface area (Å²) in [5.41, 5.74) is 2.71. The summed E-state index contributed by atoms with van der Waals surface area (Å²) < 4.78 is 7.47. The van der Waals surface area contributed by atoms with Crippen LogP contribution < -0.4 is 10.2 Å². The van der Waals surface area contributed by atoms with Crippen molar-refractivity contribution in [2.24, 2.45) is 0 Å². The van der Waals surface area contributed by atoms with Gasteiger partial charge in [0.05, 0.1) is 17.9 Å². The lowest BCUT2D eigenvalue weighted by atomic mass is 10.1. The van der Waals surface area contributed by atoms with Gasteiger partial charge in [0.25, 0.3) is 0 Å². The van der Waals surface area contributed by atoms with E-state index in [-0.39, 0.29) is 12.3 Å². The fourth-order valence-electron chi connectivity index (χ4n) is 3.09. The molecule has 0 saturated carbocycles. The van der Waals surface area contributed by atoms with Crippen LogP contribution in [0, 0.1) is 5.41 Å². The van der Waals surface area contributed by atoms with E-state index in [4.69, 9.17) is 10.1 Å². The topological polar surface area (TPSA) is 81.6 Å². The molecule has 0 radical (unpaired) electrons. The molecular formula is C21H29N5O2S. The maximum Gasteiger partial charge on any atom is 0.357 e. The Labute approximate surface area is 177 Å².